The SMILES string of the molecule is CC1=C2CCN(CCc3ccc(Cl)cc3)C23CC=C(Oc2ccccc2)C=C3N=C1.Cl. The summed E-state index contributed by atoms with van der Waals surface area (Å²) >= 11 is 6.05. The highest BCUT2D eigenvalue weighted by Crippen LogP contribution is 2.49. The van der Waals surface area contributed by atoms with Crippen LogP contribution in [-0.2, 0) is 6.42 Å². The van der Waals surface area contributed by atoms with Gasteiger partial charge in [-0.1, -0.05) is 41.9 Å². The molecule has 0 bridgehead atoms. The predicted molar refractivity (Wildman–Crippen MR) is 130 cm³/mol. The molecule has 5 heteroatoms. The van der Waals surface area contributed by atoms with Crippen molar-refractivity contribution in [1.82, 2.24) is 4.90 Å². The van der Waals surface area contributed by atoms with Crippen LogP contribution in [0.1, 0.15) is 25.3 Å². The Balaban J connectivity index is 0.00000231. The first-order valence-electron chi connectivity index (χ1n) is 10.5. The molecular weight excluding hydrogens is 427 g/mol. The molecule has 1 fully saturated rings. The van der Waals surface area contributed by atoms with E-state index in [1.165, 1.54) is 16.7 Å². The topological polar surface area (TPSA) is 24.8 Å². The van der Waals surface area contributed by atoms with Crippen molar-refractivity contribution >= 4 is 30.2 Å². The normalized spacial score (nSPS) is 22.3. The molecule has 0 radical (unpaired) electrons. The van der Waals surface area contributed by atoms with Crippen molar-refractivity contribution in [1.29, 1.82) is 0 Å². The number of hydrogen-bond donors (Lipinski definition) is 0. The van der Waals surface area contributed by atoms with Gasteiger partial charge in [-0.15, -0.1) is 12.4 Å². The fraction of sp³-hybridized carbons (Fsp3) is 0.269. The second-order valence-corrected chi connectivity index (χ2v) is 8.59. The molecular formula is C26H26Cl2N2O. The van der Waals surface area contributed by atoms with Gasteiger partial charge in [0, 0.05) is 30.4 Å². The largest absolute Gasteiger partial charge is 0.458 e. The lowest BCUT2D eigenvalue weighted by Crippen LogP contribution is -2.49. The summed E-state index contributed by atoms with van der Waals surface area (Å²) in [5.41, 5.74) is 5.10. The van der Waals surface area contributed by atoms with Gasteiger partial charge in [0.2, 0.25) is 0 Å². The summed E-state index contributed by atoms with van der Waals surface area (Å²) in [6, 6.07) is 18.1. The van der Waals surface area contributed by atoms with Crippen LogP contribution >= 0.6 is 24.0 Å². The smallest absolute Gasteiger partial charge is 0.127 e. The van der Waals surface area contributed by atoms with Crippen molar-refractivity contribution in [3.8, 4) is 5.75 Å². The number of aliphatic imine (C=N–C) groups is 1. The maximum atomic E-state index is 6.12. The molecule has 1 atom stereocenters. The Morgan fingerprint density at radius 3 is 2.65 bits per heavy atom. The van der Waals surface area contributed by atoms with Crippen LogP contribution in [0.15, 0.2) is 94.3 Å². The number of rotatable bonds is 5. The number of dihydropyridines is 1. The molecule has 2 aliphatic heterocycles. The average Bonchev–Trinajstić information content (AvgIpc) is 3.14. The quantitative estimate of drug-likeness (QED) is 0.523. The number of hydrogen-bond acceptors (Lipinski definition) is 3. The Hall–Kier alpha value is -2.33. The summed E-state index contributed by atoms with van der Waals surface area (Å²) in [6.07, 6.45) is 9.36. The zero-order chi connectivity index (χ0) is 20.6. The molecule has 2 aromatic rings. The molecule has 5 rings (SSSR count). The molecule has 2 aromatic carbocycles. The van der Waals surface area contributed by atoms with Crippen molar-refractivity contribution in [3.05, 3.63) is 99.9 Å². The highest BCUT2D eigenvalue weighted by atomic mass is 35.5. The molecule has 0 aromatic heterocycles. The van der Waals surface area contributed by atoms with E-state index in [1.54, 1.807) is 0 Å². The number of para-hydroxylation sites is 1. The van der Waals surface area contributed by atoms with Crippen LogP contribution in [0.3, 0.4) is 0 Å². The van der Waals surface area contributed by atoms with Crippen LogP contribution in [0.2, 0.25) is 5.02 Å². The third kappa shape index (κ3) is 4.10. The van der Waals surface area contributed by atoms with E-state index in [4.69, 9.17) is 21.3 Å². The van der Waals surface area contributed by atoms with Crippen molar-refractivity contribution in [2.45, 2.75) is 31.7 Å². The van der Waals surface area contributed by atoms with E-state index in [-0.39, 0.29) is 17.9 Å². The molecule has 1 unspecified atom stereocenters. The van der Waals surface area contributed by atoms with E-state index >= 15 is 0 Å². The summed E-state index contributed by atoms with van der Waals surface area (Å²) in [6.45, 7) is 4.25. The zero-order valence-corrected chi connectivity index (χ0v) is 19.1. The van der Waals surface area contributed by atoms with E-state index in [0.29, 0.717) is 0 Å². The second-order valence-electron chi connectivity index (χ2n) is 8.15. The Labute approximate surface area is 195 Å². The number of ether oxygens (including phenoxy) is 1. The summed E-state index contributed by atoms with van der Waals surface area (Å²) < 4.78 is 6.12. The average molecular weight is 453 g/mol. The zero-order valence-electron chi connectivity index (χ0n) is 17.6. The molecule has 0 amide bonds. The molecule has 31 heavy (non-hydrogen) atoms. The molecule has 1 spiro atoms. The van der Waals surface area contributed by atoms with Crippen molar-refractivity contribution in [3.63, 3.8) is 0 Å². The number of benzene rings is 2. The van der Waals surface area contributed by atoms with Crippen LogP contribution in [-0.4, -0.2) is 29.7 Å². The molecule has 1 saturated heterocycles. The van der Waals surface area contributed by atoms with Gasteiger partial charge >= 0.3 is 0 Å². The van der Waals surface area contributed by atoms with Crippen LogP contribution in [0.5, 0.6) is 5.75 Å². The van der Waals surface area contributed by atoms with Gasteiger partial charge < -0.3 is 4.74 Å². The van der Waals surface area contributed by atoms with E-state index < -0.39 is 0 Å². The minimum atomic E-state index is -0.130. The molecule has 0 saturated carbocycles. The molecule has 2 heterocycles. The van der Waals surface area contributed by atoms with Crippen molar-refractivity contribution < 1.29 is 4.74 Å². The van der Waals surface area contributed by atoms with E-state index in [9.17, 15) is 0 Å². The van der Waals surface area contributed by atoms with E-state index in [1.807, 2.05) is 48.7 Å². The van der Waals surface area contributed by atoms with Gasteiger partial charge in [-0.25, -0.2) is 0 Å². The number of allylic oxidation sites excluding steroid dienone is 2. The predicted octanol–water partition coefficient (Wildman–Crippen LogP) is 6.40. The highest BCUT2D eigenvalue weighted by molar-refractivity contribution is 6.30. The summed E-state index contributed by atoms with van der Waals surface area (Å²) in [7, 11) is 0. The minimum Gasteiger partial charge on any atom is -0.458 e. The first kappa shape index (κ1) is 21.9. The molecule has 0 N–H and O–H groups in total. The highest BCUT2D eigenvalue weighted by Gasteiger charge is 2.50. The van der Waals surface area contributed by atoms with Crippen LogP contribution < -0.4 is 4.74 Å². The Kier molecular flexibility index (Phi) is 6.38. The lowest BCUT2D eigenvalue weighted by Gasteiger charge is -2.43. The van der Waals surface area contributed by atoms with Gasteiger partial charge in [0.1, 0.15) is 11.5 Å². The van der Waals surface area contributed by atoms with Crippen LogP contribution in [0.4, 0.5) is 0 Å². The maximum Gasteiger partial charge on any atom is 0.127 e. The maximum absolute atomic E-state index is 6.12. The van der Waals surface area contributed by atoms with Gasteiger partial charge in [0.25, 0.3) is 0 Å². The summed E-state index contributed by atoms with van der Waals surface area (Å²) in [5, 5.41) is 0.787. The second kappa shape index (κ2) is 9.04. The third-order valence-corrected chi connectivity index (χ3v) is 6.66. The lowest BCUT2D eigenvalue weighted by atomic mass is 9.77. The summed E-state index contributed by atoms with van der Waals surface area (Å²) in [4.78, 5) is 7.48. The monoisotopic (exact) mass is 452 g/mol. The summed E-state index contributed by atoms with van der Waals surface area (Å²) in [5.74, 6) is 1.73. The Morgan fingerprint density at radius 1 is 1.10 bits per heavy atom. The Morgan fingerprint density at radius 2 is 1.87 bits per heavy atom. The first-order valence-corrected chi connectivity index (χ1v) is 10.9. The van der Waals surface area contributed by atoms with E-state index in [2.05, 4.69) is 36.1 Å². The van der Waals surface area contributed by atoms with Gasteiger partial charge in [-0.2, -0.15) is 0 Å². The molecule has 3 aliphatic rings. The fourth-order valence-electron chi connectivity index (χ4n) is 4.90. The first-order chi connectivity index (χ1) is 14.6. The standard InChI is InChI=1S/C26H25ClN2O.ClH/c1-19-18-28-25-17-23(30-22-5-3-2-4-6-22)11-14-26(25)24(19)13-16-29(26)15-12-20-7-9-21(27)10-8-20;/h2-11,17-18H,12-16H2,1H3;1H. The Bertz CT molecular complexity index is 1070. The molecule has 3 nitrogen and oxygen atoms in total. The number of likely N-dealkylation sites (tertiary alicyclic amines) is 1. The minimum absolute atomic E-state index is 0. The van der Waals surface area contributed by atoms with Crippen molar-refractivity contribution in [2.75, 3.05) is 13.1 Å². The van der Waals surface area contributed by atoms with Crippen molar-refractivity contribution in [2.24, 2.45) is 4.99 Å². The van der Waals surface area contributed by atoms with Gasteiger partial charge in [0.15, 0.2) is 0 Å². The lowest BCUT2D eigenvalue weighted by molar-refractivity contribution is 0.192. The molecule has 1 aliphatic carbocycles. The van der Waals surface area contributed by atoms with Gasteiger partial charge in [0.05, 0.1) is 11.2 Å². The number of halogens is 2. The fourth-order valence-corrected chi connectivity index (χ4v) is 5.02. The molecule has 160 valence electrons. The number of nitrogens with zero attached hydrogens (tertiary/aromatic N) is 2. The van der Waals surface area contributed by atoms with Gasteiger partial charge in [-0.3, -0.25) is 9.89 Å². The van der Waals surface area contributed by atoms with Crippen LogP contribution in [0, 0.1) is 0 Å². The van der Waals surface area contributed by atoms with Crippen LogP contribution in [0.25, 0.3) is 0 Å². The van der Waals surface area contributed by atoms with E-state index in [0.717, 1.165) is 54.6 Å². The third-order valence-electron chi connectivity index (χ3n) is 6.41. The van der Waals surface area contributed by atoms with Gasteiger partial charge in [-0.05, 0) is 73.2 Å².